The fourth-order valence-corrected chi connectivity index (χ4v) is 6.28. The number of anilines is 2. The molecule has 0 atom stereocenters. The van der Waals surface area contributed by atoms with Gasteiger partial charge in [-0.15, -0.1) is 11.3 Å². The lowest BCUT2D eigenvalue weighted by Crippen LogP contribution is -2.34. The topological polar surface area (TPSA) is 142 Å². The highest BCUT2D eigenvalue weighted by Crippen LogP contribution is 2.25. The Bertz CT molecular complexity index is 2030. The molecule has 0 radical (unpaired) electrons. The monoisotopic (exact) mass is 617 g/mol. The number of carbonyl (C=O) groups excluding carboxylic acids is 1. The Balaban J connectivity index is 1.32. The van der Waals surface area contributed by atoms with Crippen LogP contribution in [0, 0.1) is 11.6 Å². The number of halogens is 3. The van der Waals surface area contributed by atoms with E-state index in [2.05, 4.69) is 15.6 Å². The van der Waals surface area contributed by atoms with Crippen molar-refractivity contribution >= 4 is 61.3 Å². The van der Waals surface area contributed by atoms with Gasteiger partial charge >= 0.3 is 11.7 Å². The number of sulfonamides is 1. The molecule has 3 aromatic carbocycles. The lowest BCUT2D eigenvalue weighted by Gasteiger charge is -2.11. The number of urea groups is 1. The van der Waals surface area contributed by atoms with Crippen LogP contribution in [0.4, 0.5) is 25.0 Å². The van der Waals surface area contributed by atoms with Crippen LogP contribution in [0.1, 0.15) is 5.56 Å². The Morgan fingerprint density at radius 1 is 0.951 bits per heavy atom. The van der Waals surface area contributed by atoms with Crippen LogP contribution in [0.2, 0.25) is 4.34 Å². The van der Waals surface area contributed by atoms with E-state index in [-0.39, 0.29) is 42.9 Å². The van der Waals surface area contributed by atoms with Gasteiger partial charge in [0.25, 0.3) is 15.6 Å². The van der Waals surface area contributed by atoms with E-state index in [4.69, 9.17) is 11.6 Å². The van der Waals surface area contributed by atoms with E-state index < -0.39 is 38.9 Å². The highest BCUT2D eigenvalue weighted by Gasteiger charge is 2.20. The summed E-state index contributed by atoms with van der Waals surface area (Å²) < 4.78 is 54.5. The predicted octanol–water partition coefficient (Wildman–Crippen LogP) is 4.79. The van der Waals surface area contributed by atoms with Crippen molar-refractivity contribution in [2.75, 3.05) is 10.6 Å². The van der Waals surface area contributed by atoms with Gasteiger partial charge in [-0.25, -0.2) is 36.1 Å². The number of aromatic amines is 1. The lowest BCUT2D eigenvalue weighted by molar-refractivity contribution is 0.256. The second-order valence-electron chi connectivity index (χ2n) is 8.59. The van der Waals surface area contributed by atoms with E-state index in [1.165, 1.54) is 54.6 Å². The van der Waals surface area contributed by atoms with Crippen molar-refractivity contribution in [2.45, 2.75) is 10.8 Å². The van der Waals surface area contributed by atoms with Gasteiger partial charge in [-0.05, 0) is 60.7 Å². The molecule has 5 aromatic rings. The largest absolute Gasteiger partial charge is 0.381 e. The molecular formula is C26H18ClF2N5O5S2. The minimum absolute atomic E-state index is 0.0473. The van der Waals surface area contributed by atoms with Gasteiger partial charge < -0.3 is 15.6 Å². The van der Waals surface area contributed by atoms with Crippen LogP contribution < -0.4 is 26.6 Å². The SMILES string of the molecule is O=C(Nc1ccc(-n2c(=O)[nH]c3cc(NCc4ccc(F)cc4F)ccc3c2=O)cc1)NS(=O)(=O)c1ccc(Cl)s1. The van der Waals surface area contributed by atoms with Gasteiger partial charge in [-0.3, -0.25) is 4.79 Å². The minimum Gasteiger partial charge on any atom is -0.381 e. The standard InChI is InChI=1S/C26H18ClF2N5O5S2/c27-22-9-10-23(40-22)41(38,39)33-25(36)31-16-3-6-18(7-4-16)34-24(35)19-8-5-17(12-21(19)32-26(34)37)30-13-14-1-2-15(28)11-20(14)29/h1-12,30H,13H2,(H,32,37)(H2,31,33,36). The molecule has 10 nitrogen and oxygen atoms in total. The number of amides is 2. The molecule has 5 rings (SSSR count). The van der Waals surface area contributed by atoms with Crippen molar-refractivity contribution in [3.63, 3.8) is 0 Å². The van der Waals surface area contributed by atoms with Crippen LogP contribution in [0.25, 0.3) is 16.6 Å². The maximum atomic E-state index is 13.9. The summed E-state index contributed by atoms with van der Waals surface area (Å²) in [4.78, 5) is 40.8. The average Bonchev–Trinajstić information content (AvgIpc) is 3.36. The van der Waals surface area contributed by atoms with Gasteiger partial charge in [0.15, 0.2) is 0 Å². The molecule has 0 fully saturated rings. The summed E-state index contributed by atoms with van der Waals surface area (Å²) in [5.41, 5.74) is 0.0152. The van der Waals surface area contributed by atoms with Gasteiger partial charge in [-0.1, -0.05) is 17.7 Å². The zero-order valence-corrected chi connectivity index (χ0v) is 23.0. The summed E-state index contributed by atoms with van der Waals surface area (Å²) in [5, 5.41) is 5.53. The highest BCUT2D eigenvalue weighted by atomic mass is 35.5. The Hall–Kier alpha value is -4.53. The first-order valence-electron chi connectivity index (χ1n) is 11.7. The number of rotatable bonds is 7. The lowest BCUT2D eigenvalue weighted by atomic mass is 10.2. The molecule has 41 heavy (non-hydrogen) atoms. The smallest absolute Gasteiger partial charge is 0.333 e. The van der Waals surface area contributed by atoms with Gasteiger partial charge in [0, 0.05) is 29.5 Å². The summed E-state index contributed by atoms with van der Waals surface area (Å²) in [7, 11) is -4.12. The first-order chi connectivity index (χ1) is 19.5. The summed E-state index contributed by atoms with van der Waals surface area (Å²) in [6, 6.07) is 15.1. The van der Waals surface area contributed by atoms with E-state index in [1.807, 2.05) is 4.72 Å². The number of aromatic nitrogens is 2. The fraction of sp³-hybridized carbons (Fsp3) is 0.0385. The van der Waals surface area contributed by atoms with Gasteiger partial charge in [0.05, 0.1) is 20.9 Å². The number of nitrogens with one attached hydrogen (secondary N) is 4. The number of benzene rings is 3. The van der Waals surface area contributed by atoms with Crippen molar-refractivity contribution in [1.29, 1.82) is 0 Å². The van der Waals surface area contributed by atoms with Crippen molar-refractivity contribution < 1.29 is 22.0 Å². The second-order valence-corrected chi connectivity index (χ2v) is 12.2. The number of hydrogen-bond donors (Lipinski definition) is 4. The number of thiophene rings is 1. The Morgan fingerprint density at radius 2 is 1.68 bits per heavy atom. The first-order valence-corrected chi connectivity index (χ1v) is 14.3. The van der Waals surface area contributed by atoms with E-state index in [0.29, 0.717) is 5.69 Å². The third-order valence-corrected chi connectivity index (χ3v) is 8.87. The van der Waals surface area contributed by atoms with Crippen LogP contribution >= 0.6 is 22.9 Å². The molecular weight excluding hydrogens is 600 g/mol. The van der Waals surface area contributed by atoms with E-state index >= 15 is 0 Å². The first kappa shape index (κ1) is 28.0. The van der Waals surface area contributed by atoms with E-state index in [0.717, 1.165) is 28.0 Å². The van der Waals surface area contributed by atoms with Crippen LogP contribution in [0.15, 0.2) is 86.6 Å². The molecule has 0 aliphatic carbocycles. The highest BCUT2D eigenvalue weighted by molar-refractivity contribution is 7.92. The molecule has 4 N–H and O–H groups in total. The Labute approximate surface area is 239 Å². The summed E-state index contributed by atoms with van der Waals surface area (Å²) in [6.07, 6.45) is 0. The average molecular weight is 618 g/mol. The van der Waals surface area contributed by atoms with Crippen molar-refractivity contribution in [3.05, 3.63) is 115 Å². The van der Waals surface area contributed by atoms with Crippen LogP contribution in [0.3, 0.4) is 0 Å². The summed E-state index contributed by atoms with van der Waals surface area (Å²) >= 11 is 6.55. The van der Waals surface area contributed by atoms with Crippen LogP contribution in [0.5, 0.6) is 0 Å². The summed E-state index contributed by atoms with van der Waals surface area (Å²) in [6.45, 7) is 0.0473. The molecule has 2 amide bonds. The summed E-state index contributed by atoms with van der Waals surface area (Å²) in [5.74, 6) is -1.39. The zero-order chi connectivity index (χ0) is 29.3. The quantitative estimate of drug-likeness (QED) is 0.207. The maximum Gasteiger partial charge on any atom is 0.333 e. The molecule has 0 saturated carbocycles. The number of carbonyl (C=O) groups is 1. The molecule has 2 heterocycles. The molecule has 0 unspecified atom stereocenters. The zero-order valence-electron chi connectivity index (χ0n) is 20.6. The predicted molar refractivity (Wildman–Crippen MR) is 153 cm³/mol. The third kappa shape index (κ3) is 6.14. The molecule has 0 saturated heterocycles. The van der Waals surface area contributed by atoms with Crippen molar-refractivity contribution in [1.82, 2.24) is 14.3 Å². The molecule has 0 aliphatic rings. The number of nitrogens with zero attached hydrogens (tertiary/aromatic N) is 1. The molecule has 2 aromatic heterocycles. The van der Waals surface area contributed by atoms with Gasteiger partial charge in [0.1, 0.15) is 15.8 Å². The van der Waals surface area contributed by atoms with Crippen molar-refractivity contribution in [3.8, 4) is 5.69 Å². The minimum atomic E-state index is -4.12. The number of fused-ring (bicyclic) bond motifs is 1. The molecule has 15 heteroatoms. The molecule has 0 bridgehead atoms. The fourth-order valence-electron chi connectivity index (χ4n) is 3.89. The normalized spacial score (nSPS) is 11.4. The molecule has 0 aliphatic heterocycles. The Morgan fingerprint density at radius 3 is 2.37 bits per heavy atom. The number of hydrogen-bond acceptors (Lipinski definition) is 7. The number of H-pyrrole nitrogens is 1. The molecule has 210 valence electrons. The van der Waals surface area contributed by atoms with Crippen molar-refractivity contribution in [2.24, 2.45) is 0 Å². The molecule has 0 spiro atoms. The van der Waals surface area contributed by atoms with Crippen LogP contribution in [-0.4, -0.2) is 24.0 Å². The van der Waals surface area contributed by atoms with E-state index in [9.17, 15) is 31.6 Å². The van der Waals surface area contributed by atoms with Gasteiger partial charge in [-0.2, -0.15) is 0 Å². The third-order valence-electron chi connectivity index (χ3n) is 5.82. The van der Waals surface area contributed by atoms with E-state index in [1.54, 1.807) is 6.07 Å². The van der Waals surface area contributed by atoms with Gasteiger partial charge in [0.2, 0.25) is 0 Å². The Kier molecular flexibility index (Phi) is 7.62. The second kappa shape index (κ2) is 11.2. The maximum absolute atomic E-state index is 13.9. The van der Waals surface area contributed by atoms with Crippen LogP contribution in [-0.2, 0) is 16.6 Å².